The number of para-hydroxylation sites is 1. The van der Waals surface area contributed by atoms with Crippen LogP contribution in [-0.4, -0.2) is 10.7 Å². The molecule has 4 heteroatoms. The van der Waals surface area contributed by atoms with E-state index in [-0.39, 0.29) is 10.7 Å². The van der Waals surface area contributed by atoms with Crippen molar-refractivity contribution in [3.05, 3.63) is 54.1 Å². The summed E-state index contributed by atoms with van der Waals surface area (Å²) in [6.07, 6.45) is 1.07. The molecule has 0 fully saturated rings. The van der Waals surface area contributed by atoms with E-state index < -0.39 is 0 Å². The topological polar surface area (TPSA) is 55.1 Å². The number of rotatable bonds is 5. The monoisotopic (exact) mass is 328 g/mol. The Labute approximate surface area is 142 Å². The number of nitrogens with one attached hydrogen (secondary N) is 1. The lowest BCUT2D eigenvalue weighted by Gasteiger charge is -2.17. The fourth-order valence-corrected chi connectivity index (χ4v) is 3.17. The van der Waals surface area contributed by atoms with E-state index in [1.165, 1.54) is 4.90 Å². The fraction of sp³-hybridized carbons (Fsp3) is 0.316. The van der Waals surface area contributed by atoms with Crippen molar-refractivity contribution >= 4 is 29.0 Å². The molecule has 3 nitrogen and oxygen atoms in total. The van der Waals surface area contributed by atoms with Crippen LogP contribution in [0.1, 0.15) is 32.8 Å². The summed E-state index contributed by atoms with van der Waals surface area (Å²) < 4.78 is 0.181. The first-order valence-electron chi connectivity index (χ1n) is 7.76. The fourth-order valence-electron chi connectivity index (χ4n) is 2.19. The molecule has 0 aliphatic heterocycles. The van der Waals surface area contributed by atoms with E-state index in [9.17, 15) is 4.79 Å². The molecule has 0 bridgehead atoms. The molecule has 2 aromatic rings. The number of amides is 1. The third kappa shape index (κ3) is 5.99. The summed E-state index contributed by atoms with van der Waals surface area (Å²) in [6, 6.07) is 15.6. The molecule has 122 valence electrons. The number of hydrogen-bond acceptors (Lipinski definition) is 3. The van der Waals surface area contributed by atoms with E-state index in [0.717, 1.165) is 16.9 Å². The molecule has 0 radical (unpaired) electrons. The first kappa shape index (κ1) is 17.4. The number of carbonyl (C=O) groups is 1. The third-order valence-electron chi connectivity index (χ3n) is 3.24. The van der Waals surface area contributed by atoms with Crippen LogP contribution < -0.4 is 11.1 Å². The second-order valence-corrected chi connectivity index (χ2v) is 8.39. The molecule has 0 aliphatic rings. The van der Waals surface area contributed by atoms with Gasteiger partial charge < -0.3 is 11.1 Å². The van der Waals surface area contributed by atoms with Gasteiger partial charge in [-0.15, -0.1) is 11.8 Å². The average molecular weight is 328 g/mol. The second-order valence-electron chi connectivity index (χ2n) is 6.49. The first-order valence-corrected chi connectivity index (χ1v) is 8.57. The van der Waals surface area contributed by atoms with Crippen molar-refractivity contribution in [2.24, 2.45) is 0 Å². The van der Waals surface area contributed by atoms with Crippen LogP contribution in [0.25, 0.3) is 0 Å². The number of nitrogen functional groups attached to an aromatic ring is 1. The lowest BCUT2D eigenvalue weighted by atomic mass is 10.1. The highest BCUT2D eigenvalue weighted by Gasteiger charge is 2.12. The van der Waals surface area contributed by atoms with Gasteiger partial charge in [0.25, 0.3) is 0 Å². The Hall–Kier alpha value is -1.94. The van der Waals surface area contributed by atoms with Gasteiger partial charge in [-0.1, -0.05) is 39.0 Å². The summed E-state index contributed by atoms with van der Waals surface area (Å²) in [5.41, 5.74) is 8.47. The van der Waals surface area contributed by atoms with Crippen molar-refractivity contribution in [3.63, 3.8) is 0 Å². The SMILES string of the molecule is CC(C)(C)Sc1ccc(NC(=O)CCc2ccccc2N)cc1. The molecule has 1 amide bonds. The van der Waals surface area contributed by atoms with E-state index in [1.54, 1.807) is 0 Å². The maximum atomic E-state index is 12.1. The van der Waals surface area contributed by atoms with Gasteiger partial charge in [0.2, 0.25) is 5.91 Å². The minimum absolute atomic E-state index is 0.00415. The van der Waals surface area contributed by atoms with Gasteiger partial charge >= 0.3 is 0 Å². The quantitative estimate of drug-likeness (QED) is 0.616. The van der Waals surface area contributed by atoms with Crippen LogP contribution in [0.5, 0.6) is 0 Å². The van der Waals surface area contributed by atoms with Gasteiger partial charge in [-0.2, -0.15) is 0 Å². The van der Waals surface area contributed by atoms with Crippen molar-refractivity contribution in [2.45, 2.75) is 43.3 Å². The van der Waals surface area contributed by atoms with Gasteiger partial charge in [0, 0.05) is 27.4 Å². The van der Waals surface area contributed by atoms with Crippen molar-refractivity contribution in [1.82, 2.24) is 0 Å². The number of nitrogens with two attached hydrogens (primary N) is 1. The molecule has 2 aromatic carbocycles. The Balaban J connectivity index is 1.87. The molecule has 0 aliphatic carbocycles. The Morgan fingerprint density at radius 1 is 1.09 bits per heavy atom. The number of anilines is 2. The number of hydrogen-bond donors (Lipinski definition) is 2. The second kappa shape index (κ2) is 7.55. The summed E-state index contributed by atoms with van der Waals surface area (Å²) in [5.74, 6) is 0.00415. The van der Waals surface area contributed by atoms with Gasteiger partial charge in [0.1, 0.15) is 0 Å². The maximum absolute atomic E-state index is 12.1. The number of benzene rings is 2. The lowest BCUT2D eigenvalue weighted by Crippen LogP contribution is -2.12. The molecule has 0 spiro atoms. The predicted octanol–water partition coefficient (Wildman–Crippen LogP) is 4.73. The van der Waals surface area contributed by atoms with Crippen molar-refractivity contribution in [1.29, 1.82) is 0 Å². The summed E-state index contributed by atoms with van der Waals surface area (Å²) in [5, 5.41) is 2.93. The number of carbonyl (C=O) groups excluding carboxylic acids is 1. The third-order valence-corrected chi connectivity index (χ3v) is 4.36. The zero-order chi connectivity index (χ0) is 16.9. The predicted molar refractivity (Wildman–Crippen MR) is 99.9 cm³/mol. The number of aryl methyl sites for hydroxylation is 1. The van der Waals surface area contributed by atoms with Crippen LogP contribution in [-0.2, 0) is 11.2 Å². The molecule has 0 heterocycles. The van der Waals surface area contributed by atoms with Crippen LogP contribution in [0.2, 0.25) is 0 Å². The molecule has 23 heavy (non-hydrogen) atoms. The molecule has 0 unspecified atom stereocenters. The zero-order valence-electron chi connectivity index (χ0n) is 13.9. The zero-order valence-corrected chi connectivity index (χ0v) is 14.7. The van der Waals surface area contributed by atoms with Gasteiger partial charge in [-0.05, 0) is 42.3 Å². The molecule has 2 rings (SSSR count). The van der Waals surface area contributed by atoms with Crippen LogP contribution in [0, 0.1) is 0 Å². The molecule has 3 N–H and O–H groups in total. The van der Waals surface area contributed by atoms with E-state index in [4.69, 9.17) is 5.73 Å². The minimum Gasteiger partial charge on any atom is -0.399 e. The van der Waals surface area contributed by atoms with E-state index >= 15 is 0 Å². The first-order chi connectivity index (χ1) is 10.8. The number of thioether (sulfide) groups is 1. The van der Waals surface area contributed by atoms with Gasteiger partial charge in [0.05, 0.1) is 0 Å². The van der Waals surface area contributed by atoms with Crippen LogP contribution in [0.15, 0.2) is 53.4 Å². The summed E-state index contributed by atoms with van der Waals surface area (Å²) in [7, 11) is 0. The highest BCUT2D eigenvalue weighted by atomic mass is 32.2. The minimum atomic E-state index is 0.00415. The summed E-state index contributed by atoms with van der Waals surface area (Å²) in [4.78, 5) is 13.3. The van der Waals surface area contributed by atoms with Crippen LogP contribution in [0.4, 0.5) is 11.4 Å². The molecule has 0 atom stereocenters. The van der Waals surface area contributed by atoms with Gasteiger partial charge in [-0.3, -0.25) is 4.79 Å². The van der Waals surface area contributed by atoms with E-state index in [2.05, 4.69) is 26.1 Å². The largest absolute Gasteiger partial charge is 0.399 e. The maximum Gasteiger partial charge on any atom is 0.224 e. The summed E-state index contributed by atoms with van der Waals surface area (Å²) in [6.45, 7) is 6.55. The van der Waals surface area contributed by atoms with Crippen LogP contribution >= 0.6 is 11.8 Å². The Morgan fingerprint density at radius 3 is 2.35 bits per heavy atom. The van der Waals surface area contributed by atoms with Crippen molar-refractivity contribution in [2.75, 3.05) is 11.1 Å². The molecular formula is C19H24N2OS. The van der Waals surface area contributed by atoms with E-state index in [1.807, 2.05) is 60.3 Å². The molecule has 0 saturated heterocycles. The van der Waals surface area contributed by atoms with Gasteiger partial charge in [0.15, 0.2) is 0 Å². The molecular weight excluding hydrogens is 304 g/mol. The molecule has 0 aromatic heterocycles. The van der Waals surface area contributed by atoms with Crippen molar-refractivity contribution in [3.8, 4) is 0 Å². The lowest BCUT2D eigenvalue weighted by molar-refractivity contribution is -0.116. The molecule has 0 saturated carbocycles. The smallest absolute Gasteiger partial charge is 0.224 e. The van der Waals surface area contributed by atoms with E-state index in [0.29, 0.717) is 12.8 Å². The highest BCUT2D eigenvalue weighted by Crippen LogP contribution is 2.32. The Bertz CT molecular complexity index is 660. The normalized spacial score (nSPS) is 11.3. The van der Waals surface area contributed by atoms with Crippen LogP contribution in [0.3, 0.4) is 0 Å². The Kier molecular flexibility index (Phi) is 5.72. The average Bonchev–Trinajstić information content (AvgIpc) is 2.47. The summed E-state index contributed by atoms with van der Waals surface area (Å²) >= 11 is 1.81. The Morgan fingerprint density at radius 2 is 1.74 bits per heavy atom. The van der Waals surface area contributed by atoms with Gasteiger partial charge in [-0.25, -0.2) is 0 Å². The standard InChI is InChI=1S/C19H24N2OS/c1-19(2,3)23-16-11-9-15(10-12-16)21-18(22)13-8-14-6-4-5-7-17(14)20/h4-7,9-12H,8,13,20H2,1-3H3,(H,21,22). The van der Waals surface area contributed by atoms with Crippen molar-refractivity contribution < 1.29 is 4.79 Å². The highest BCUT2D eigenvalue weighted by molar-refractivity contribution is 8.00.